The van der Waals surface area contributed by atoms with Gasteiger partial charge in [0.15, 0.2) is 9.84 Å². The molecule has 1 unspecified atom stereocenters. The first-order valence-corrected chi connectivity index (χ1v) is 6.93. The zero-order chi connectivity index (χ0) is 13.3. The van der Waals surface area contributed by atoms with E-state index in [0.717, 1.165) is 6.26 Å². The third-order valence-electron chi connectivity index (χ3n) is 2.08. The van der Waals surface area contributed by atoms with E-state index in [1.807, 2.05) is 0 Å². The van der Waals surface area contributed by atoms with Gasteiger partial charge >= 0.3 is 6.18 Å². The van der Waals surface area contributed by atoms with Crippen LogP contribution < -0.4 is 0 Å². The van der Waals surface area contributed by atoms with Crippen LogP contribution in [-0.2, 0) is 9.84 Å². The van der Waals surface area contributed by atoms with Crippen molar-refractivity contribution in [1.82, 2.24) is 0 Å². The summed E-state index contributed by atoms with van der Waals surface area (Å²) in [5.74, 6) is 0. The lowest BCUT2D eigenvalue weighted by Gasteiger charge is -2.12. The lowest BCUT2D eigenvalue weighted by Crippen LogP contribution is -2.10. The number of sulfone groups is 1. The lowest BCUT2D eigenvalue weighted by atomic mass is 10.1. The third kappa shape index (κ3) is 4.55. The summed E-state index contributed by atoms with van der Waals surface area (Å²) in [6.45, 7) is 0. The molecule has 0 heterocycles. The van der Waals surface area contributed by atoms with Crippen LogP contribution in [0.2, 0.25) is 0 Å². The van der Waals surface area contributed by atoms with E-state index in [1.165, 1.54) is 24.3 Å². The highest BCUT2D eigenvalue weighted by Crippen LogP contribution is 2.34. The molecule has 0 bridgehead atoms. The van der Waals surface area contributed by atoms with Gasteiger partial charge in [0.05, 0.1) is 16.7 Å². The smallest absolute Gasteiger partial charge is 0.224 e. The van der Waals surface area contributed by atoms with Crippen LogP contribution >= 0.6 is 11.6 Å². The molecule has 7 heteroatoms. The summed E-state index contributed by atoms with van der Waals surface area (Å²) < 4.78 is 58.5. The van der Waals surface area contributed by atoms with Gasteiger partial charge in [-0.05, 0) is 17.7 Å². The van der Waals surface area contributed by atoms with Crippen molar-refractivity contribution < 1.29 is 21.6 Å². The summed E-state index contributed by atoms with van der Waals surface area (Å²) >= 11 is 5.59. The number of rotatable bonds is 3. The van der Waals surface area contributed by atoms with Crippen molar-refractivity contribution in [3.63, 3.8) is 0 Å². The molecule has 0 saturated carbocycles. The summed E-state index contributed by atoms with van der Waals surface area (Å²) in [7, 11) is -3.35. The molecule has 1 aromatic carbocycles. The SMILES string of the molecule is CS(=O)(=O)c1ccc(C(Cl)CC(F)(F)F)cc1. The summed E-state index contributed by atoms with van der Waals surface area (Å²) in [6, 6.07) is 5.08. The van der Waals surface area contributed by atoms with Crippen molar-refractivity contribution in [3.05, 3.63) is 29.8 Å². The molecule has 96 valence electrons. The van der Waals surface area contributed by atoms with Gasteiger partial charge in [0.2, 0.25) is 0 Å². The Bertz CT molecular complexity index is 479. The van der Waals surface area contributed by atoms with Crippen LogP contribution in [0.15, 0.2) is 29.2 Å². The van der Waals surface area contributed by atoms with Gasteiger partial charge in [-0.25, -0.2) is 8.42 Å². The molecule has 1 aromatic rings. The van der Waals surface area contributed by atoms with Gasteiger partial charge in [0.1, 0.15) is 0 Å². The first-order valence-electron chi connectivity index (χ1n) is 4.60. The number of hydrogen-bond acceptors (Lipinski definition) is 2. The van der Waals surface area contributed by atoms with Crippen LogP contribution in [0.25, 0.3) is 0 Å². The fourth-order valence-electron chi connectivity index (χ4n) is 1.24. The van der Waals surface area contributed by atoms with Crippen molar-refractivity contribution in [1.29, 1.82) is 0 Å². The molecule has 0 amide bonds. The van der Waals surface area contributed by atoms with Crippen LogP contribution in [-0.4, -0.2) is 20.8 Å². The van der Waals surface area contributed by atoms with Crippen LogP contribution in [0, 0.1) is 0 Å². The molecular formula is C10H10ClF3O2S. The standard InChI is InChI=1S/C10H10ClF3O2S/c1-17(15,16)8-4-2-7(3-5-8)9(11)6-10(12,13)14/h2-5,9H,6H2,1H3. The van der Waals surface area contributed by atoms with E-state index >= 15 is 0 Å². The summed E-state index contributed by atoms with van der Waals surface area (Å²) in [5, 5.41) is -1.20. The average Bonchev–Trinajstić information content (AvgIpc) is 2.14. The summed E-state index contributed by atoms with van der Waals surface area (Å²) in [6.07, 6.45) is -4.47. The Labute approximate surface area is 102 Å². The highest BCUT2D eigenvalue weighted by Gasteiger charge is 2.31. The van der Waals surface area contributed by atoms with E-state index in [9.17, 15) is 21.6 Å². The molecule has 17 heavy (non-hydrogen) atoms. The van der Waals surface area contributed by atoms with Crippen molar-refractivity contribution in [2.24, 2.45) is 0 Å². The van der Waals surface area contributed by atoms with Gasteiger partial charge in [0, 0.05) is 6.26 Å². The van der Waals surface area contributed by atoms with Crippen LogP contribution in [0.4, 0.5) is 13.2 Å². The zero-order valence-electron chi connectivity index (χ0n) is 8.83. The third-order valence-corrected chi connectivity index (χ3v) is 3.62. The Morgan fingerprint density at radius 2 is 1.71 bits per heavy atom. The normalized spacial score (nSPS) is 14.6. The maximum atomic E-state index is 12.1. The quantitative estimate of drug-likeness (QED) is 0.799. The van der Waals surface area contributed by atoms with Gasteiger partial charge < -0.3 is 0 Å². The monoisotopic (exact) mass is 286 g/mol. The Morgan fingerprint density at radius 3 is 2.06 bits per heavy atom. The molecule has 0 aliphatic heterocycles. The highest BCUT2D eigenvalue weighted by atomic mass is 35.5. The second-order valence-electron chi connectivity index (χ2n) is 3.63. The molecule has 2 nitrogen and oxygen atoms in total. The molecular weight excluding hydrogens is 277 g/mol. The number of benzene rings is 1. The van der Waals surface area contributed by atoms with Gasteiger partial charge in [-0.3, -0.25) is 0 Å². The molecule has 0 saturated heterocycles. The number of hydrogen-bond donors (Lipinski definition) is 0. The van der Waals surface area contributed by atoms with Gasteiger partial charge in [-0.2, -0.15) is 13.2 Å². The van der Waals surface area contributed by atoms with Gasteiger partial charge in [-0.15, -0.1) is 11.6 Å². The lowest BCUT2D eigenvalue weighted by molar-refractivity contribution is -0.134. The first-order chi connectivity index (χ1) is 7.59. The molecule has 0 spiro atoms. The van der Waals surface area contributed by atoms with Crippen LogP contribution in [0.3, 0.4) is 0 Å². The Kier molecular flexibility index (Phi) is 4.09. The summed E-state index contributed by atoms with van der Waals surface area (Å²) in [5.41, 5.74) is 0.247. The second-order valence-corrected chi connectivity index (χ2v) is 6.17. The predicted molar refractivity (Wildman–Crippen MR) is 58.8 cm³/mol. The van der Waals surface area contributed by atoms with E-state index in [2.05, 4.69) is 0 Å². The van der Waals surface area contributed by atoms with Crippen molar-refractivity contribution >= 4 is 21.4 Å². The highest BCUT2D eigenvalue weighted by molar-refractivity contribution is 7.90. The maximum absolute atomic E-state index is 12.1. The number of halogens is 4. The molecule has 0 fully saturated rings. The fourth-order valence-corrected chi connectivity index (χ4v) is 2.20. The molecule has 0 aliphatic carbocycles. The second kappa shape index (κ2) is 4.86. The van der Waals surface area contributed by atoms with Crippen LogP contribution in [0.1, 0.15) is 17.4 Å². The largest absolute Gasteiger partial charge is 0.390 e. The molecule has 1 rings (SSSR count). The van der Waals surface area contributed by atoms with Gasteiger partial charge in [0.25, 0.3) is 0 Å². The topological polar surface area (TPSA) is 34.1 Å². The van der Waals surface area contributed by atoms with Gasteiger partial charge in [-0.1, -0.05) is 12.1 Å². The Hall–Kier alpha value is -0.750. The molecule has 1 atom stereocenters. The molecule has 0 aromatic heterocycles. The van der Waals surface area contributed by atoms with Crippen molar-refractivity contribution in [3.8, 4) is 0 Å². The predicted octanol–water partition coefficient (Wildman–Crippen LogP) is 3.32. The minimum atomic E-state index is -4.35. The van der Waals surface area contributed by atoms with E-state index in [1.54, 1.807) is 0 Å². The van der Waals surface area contributed by atoms with E-state index in [0.29, 0.717) is 0 Å². The van der Waals surface area contributed by atoms with E-state index < -0.39 is 27.8 Å². The molecule has 0 N–H and O–H groups in total. The Morgan fingerprint density at radius 1 is 1.24 bits per heavy atom. The maximum Gasteiger partial charge on any atom is 0.390 e. The molecule has 0 radical (unpaired) electrons. The Balaban J connectivity index is 2.88. The molecule has 0 aliphatic rings. The summed E-state index contributed by atoms with van der Waals surface area (Å²) in [4.78, 5) is 0.0529. The average molecular weight is 287 g/mol. The fraction of sp³-hybridized carbons (Fsp3) is 0.400. The minimum Gasteiger partial charge on any atom is -0.224 e. The van der Waals surface area contributed by atoms with E-state index in [4.69, 9.17) is 11.6 Å². The van der Waals surface area contributed by atoms with Crippen molar-refractivity contribution in [2.45, 2.75) is 22.9 Å². The van der Waals surface area contributed by atoms with Crippen molar-refractivity contribution in [2.75, 3.05) is 6.26 Å². The zero-order valence-corrected chi connectivity index (χ0v) is 10.4. The first kappa shape index (κ1) is 14.3. The van der Waals surface area contributed by atoms with Crippen LogP contribution in [0.5, 0.6) is 0 Å². The number of alkyl halides is 4. The minimum absolute atomic E-state index is 0.0529. The van der Waals surface area contributed by atoms with E-state index in [-0.39, 0.29) is 10.5 Å².